The van der Waals surface area contributed by atoms with Crippen molar-refractivity contribution in [3.05, 3.63) is 24.3 Å². The Balaban J connectivity index is 1.66. The first-order valence-electron chi connectivity index (χ1n) is 21.3. The van der Waals surface area contributed by atoms with Gasteiger partial charge in [0.25, 0.3) is 0 Å². The highest BCUT2D eigenvalue weighted by Gasteiger charge is 2.52. The Hall–Kier alpha value is -1.90. The van der Waals surface area contributed by atoms with E-state index in [0.717, 1.165) is 12.7 Å². The first kappa shape index (κ1) is 49.8. The van der Waals surface area contributed by atoms with Crippen LogP contribution >= 0.6 is 0 Å². The molecular formula is C43H74N2O14. The third-order valence-corrected chi connectivity index (χ3v) is 12.4. The lowest BCUT2D eigenvalue weighted by molar-refractivity contribution is -0.344. The summed E-state index contributed by atoms with van der Waals surface area (Å²) in [6.45, 7) is 10.8. The van der Waals surface area contributed by atoms with E-state index in [2.05, 4.69) is 4.90 Å². The number of nitrogens with zero attached hydrogens (tertiary/aromatic N) is 2. The van der Waals surface area contributed by atoms with Crippen molar-refractivity contribution in [3.63, 3.8) is 0 Å². The third kappa shape index (κ3) is 13.3. The Morgan fingerprint density at radius 1 is 0.864 bits per heavy atom. The average molecular weight is 843 g/mol. The van der Waals surface area contributed by atoms with Gasteiger partial charge in [0.2, 0.25) is 0 Å². The summed E-state index contributed by atoms with van der Waals surface area (Å²) in [6.07, 6.45) is -1.56. The van der Waals surface area contributed by atoms with E-state index in [0.29, 0.717) is 19.3 Å². The van der Waals surface area contributed by atoms with Crippen LogP contribution in [0.1, 0.15) is 86.5 Å². The second-order valence-corrected chi connectivity index (χ2v) is 17.8. The molecule has 3 saturated heterocycles. The standard InChI is InChI=1S/C43H74N2O14/c1-24-21-29(19-20-46)39(59-42-37(49)36(45(9)10)38(27(4)56-42)58-35-23-43(6,51)41(50)28(5)55-35)40(52-11)31(47)22-33(48)53-25(2)15-13-12-14-16-32(24)57-34-18-17-30(44(7)8)26(3)54-34/h12-14,16,20,24-32,34-42,47,49-51H,15,17-19,21-23H2,1-11H3/b13-12+,16-14+/t24-,25-,26-,27-,28+,29+,30+,31-,32+,34?,35+,36-,37-,38-,39+,40?,41+,42+,43-/m1/s1. The van der Waals surface area contributed by atoms with Crippen molar-refractivity contribution in [1.29, 1.82) is 0 Å². The summed E-state index contributed by atoms with van der Waals surface area (Å²) in [7, 11) is 9.03. The molecule has 0 aromatic heterocycles. The Morgan fingerprint density at radius 2 is 1.56 bits per heavy atom. The number of ether oxygens (including phenoxy) is 8. The second-order valence-electron chi connectivity index (χ2n) is 17.8. The molecule has 340 valence electrons. The van der Waals surface area contributed by atoms with E-state index in [1.807, 2.05) is 52.2 Å². The first-order chi connectivity index (χ1) is 27.8. The second kappa shape index (κ2) is 22.5. The molecule has 0 aliphatic carbocycles. The summed E-state index contributed by atoms with van der Waals surface area (Å²) >= 11 is 0. The van der Waals surface area contributed by atoms with E-state index in [1.54, 1.807) is 39.8 Å². The number of hydrogen-bond acceptors (Lipinski definition) is 16. The number of aliphatic hydroxyl groups is 4. The molecule has 2 unspecified atom stereocenters. The molecule has 4 N–H and O–H groups in total. The number of cyclic esters (lactones) is 1. The van der Waals surface area contributed by atoms with Crippen molar-refractivity contribution in [3.8, 4) is 0 Å². The van der Waals surface area contributed by atoms with Crippen LogP contribution in [0.15, 0.2) is 24.3 Å². The fourth-order valence-electron chi connectivity index (χ4n) is 9.10. The zero-order valence-corrected chi connectivity index (χ0v) is 37.0. The van der Waals surface area contributed by atoms with Crippen LogP contribution in [-0.4, -0.2) is 181 Å². The molecule has 19 atom stereocenters. The Bertz CT molecular complexity index is 1370. The van der Waals surface area contributed by atoms with Gasteiger partial charge in [0, 0.05) is 32.4 Å². The number of esters is 1. The monoisotopic (exact) mass is 843 g/mol. The lowest BCUT2D eigenvalue weighted by Crippen LogP contribution is -2.65. The molecule has 16 nitrogen and oxygen atoms in total. The van der Waals surface area contributed by atoms with Crippen LogP contribution in [-0.2, 0) is 47.5 Å². The molecule has 16 heteroatoms. The van der Waals surface area contributed by atoms with E-state index >= 15 is 0 Å². The van der Waals surface area contributed by atoms with E-state index in [-0.39, 0.29) is 30.9 Å². The zero-order chi connectivity index (χ0) is 43.8. The van der Waals surface area contributed by atoms with Crippen molar-refractivity contribution in [2.75, 3.05) is 35.3 Å². The van der Waals surface area contributed by atoms with Gasteiger partial charge in [-0.05, 0) is 93.9 Å². The molecule has 3 fully saturated rings. The Morgan fingerprint density at radius 3 is 2.17 bits per heavy atom. The van der Waals surface area contributed by atoms with Gasteiger partial charge in [0.05, 0.1) is 54.7 Å². The first-order valence-corrected chi connectivity index (χ1v) is 21.3. The largest absolute Gasteiger partial charge is 0.462 e. The zero-order valence-electron chi connectivity index (χ0n) is 37.0. The average Bonchev–Trinajstić information content (AvgIpc) is 3.13. The molecule has 0 saturated carbocycles. The van der Waals surface area contributed by atoms with Crippen molar-refractivity contribution in [2.45, 2.75) is 190 Å². The number of rotatable bonds is 11. The van der Waals surface area contributed by atoms with Crippen molar-refractivity contribution >= 4 is 12.3 Å². The lowest BCUT2D eigenvalue weighted by Gasteiger charge is -2.50. The normalized spacial score (nSPS) is 45.8. The molecular weight excluding hydrogens is 768 g/mol. The van der Waals surface area contributed by atoms with E-state index in [1.165, 1.54) is 14.0 Å². The summed E-state index contributed by atoms with van der Waals surface area (Å²) in [4.78, 5) is 29.5. The molecule has 4 aliphatic rings. The minimum atomic E-state index is -1.47. The third-order valence-electron chi connectivity index (χ3n) is 12.4. The SMILES string of the molecule is COC1[C@H](O)CC(=O)O[C@H](C)C/C=C/C=C/[C@H](OC2CC[C@H](N(C)C)[C@@H](C)O2)[C@H](C)C[C@H](CC=O)[C@@H]1O[C@@H]1O[C@H](C)[C@@H](O[C@H]2C[C@@](C)(O)[C@@H](O)[C@H](C)O2)[C@H](N(C)C)[C@H]1O. The van der Waals surface area contributed by atoms with Crippen LogP contribution in [0.4, 0.5) is 0 Å². The number of likely N-dealkylation sites (N-methyl/N-ethyl adjacent to an activating group) is 2. The topological polar surface area (TPSA) is 195 Å². The van der Waals surface area contributed by atoms with Crippen LogP contribution in [0.5, 0.6) is 0 Å². The highest BCUT2D eigenvalue weighted by molar-refractivity contribution is 5.70. The van der Waals surface area contributed by atoms with Crippen LogP contribution in [0.2, 0.25) is 0 Å². The van der Waals surface area contributed by atoms with E-state index < -0.39 is 110 Å². The molecule has 59 heavy (non-hydrogen) atoms. The van der Waals surface area contributed by atoms with Crippen molar-refractivity contribution in [1.82, 2.24) is 9.80 Å². The fourth-order valence-corrected chi connectivity index (χ4v) is 9.10. The minimum absolute atomic E-state index is 0.00885. The van der Waals surface area contributed by atoms with Gasteiger partial charge in [-0.25, -0.2) is 0 Å². The van der Waals surface area contributed by atoms with Crippen LogP contribution < -0.4 is 0 Å². The van der Waals surface area contributed by atoms with E-state index in [9.17, 15) is 30.0 Å². The molecule has 0 amide bonds. The summed E-state index contributed by atoms with van der Waals surface area (Å²) in [6, 6.07) is -0.466. The summed E-state index contributed by atoms with van der Waals surface area (Å²) in [5.74, 6) is -1.47. The lowest BCUT2D eigenvalue weighted by atomic mass is 9.82. The van der Waals surface area contributed by atoms with Gasteiger partial charge >= 0.3 is 5.97 Å². The highest BCUT2D eigenvalue weighted by atomic mass is 16.7. The predicted molar refractivity (Wildman–Crippen MR) is 217 cm³/mol. The van der Waals surface area contributed by atoms with Gasteiger partial charge in [-0.1, -0.05) is 31.2 Å². The molecule has 4 aliphatic heterocycles. The fraction of sp³-hybridized carbons (Fsp3) is 0.860. The van der Waals surface area contributed by atoms with E-state index in [4.69, 9.17) is 37.9 Å². The predicted octanol–water partition coefficient (Wildman–Crippen LogP) is 2.33. The smallest absolute Gasteiger partial charge is 0.308 e. The molecule has 0 radical (unpaired) electrons. The summed E-state index contributed by atoms with van der Waals surface area (Å²) < 4.78 is 50.0. The number of carbonyl (C=O) groups excluding carboxylic acids is 2. The number of methoxy groups -OCH3 is 1. The Labute approximate surface area is 351 Å². The number of hydrogen-bond donors (Lipinski definition) is 4. The van der Waals surface area contributed by atoms with Gasteiger partial charge in [0.1, 0.15) is 36.8 Å². The quantitative estimate of drug-likeness (QED) is 0.175. The van der Waals surface area contributed by atoms with Gasteiger partial charge in [-0.3, -0.25) is 4.79 Å². The molecule has 0 spiro atoms. The maximum absolute atomic E-state index is 13.1. The van der Waals surface area contributed by atoms with Crippen LogP contribution in [0.3, 0.4) is 0 Å². The van der Waals surface area contributed by atoms with Gasteiger partial charge < -0.3 is 72.9 Å². The number of allylic oxidation sites excluding steroid dienone is 2. The van der Waals surface area contributed by atoms with Crippen molar-refractivity contribution in [2.24, 2.45) is 11.8 Å². The molecule has 4 heterocycles. The minimum Gasteiger partial charge on any atom is -0.462 e. The van der Waals surface area contributed by atoms with Gasteiger partial charge in [-0.2, -0.15) is 0 Å². The number of aldehydes is 1. The summed E-state index contributed by atoms with van der Waals surface area (Å²) in [5, 5.41) is 45.1. The van der Waals surface area contributed by atoms with Crippen LogP contribution in [0.25, 0.3) is 0 Å². The summed E-state index contributed by atoms with van der Waals surface area (Å²) in [5.41, 5.74) is -1.47. The van der Waals surface area contributed by atoms with Gasteiger partial charge in [0.15, 0.2) is 18.9 Å². The molecule has 0 bridgehead atoms. The Kier molecular flexibility index (Phi) is 18.9. The maximum atomic E-state index is 13.1. The highest BCUT2D eigenvalue weighted by Crippen LogP contribution is 2.37. The van der Waals surface area contributed by atoms with Crippen LogP contribution in [0, 0.1) is 11.8 Å². The molecule has 0 aromatic carbocycles. The number of aliphatic hydroxyl groups excluding tert-OH is 3. The molecule has 0 aromatic rings. The maximum Gasteiger partial charge on any atom is 0.308 e. The molecule has 4 rings (SSSR count). The van der Waals surface area contributed by atoms with Gasteiger partial charge in [-0.15, -0.1) is 0 Å². The van der Waals surface area contributed by atoms with Crippen molar-refractivity contribution < 1.29 is 67.9 Å². The number of carbonyl (C=O) groups is 2.